The highest BCUT2D eigenvalue weighted by Crippen LogP contribution is 2.20. The van der Waals surface area contributed by atoms with Gasteiger partial charge < -0.3 is 14.2 Å². The smallest absolute Gasteiger partial charge is 0.399 e. The van der Waals surface area contributed by atoms with Gasteiger partial charge in [-0.3, -0.25) is 4.79 Å². The molecule has 0 aliphatic rings. The average Bonchev–Trinajstić information content (AvgIpc) is 2.26. The first-order valence-corrected chi connectivity index (χ1v) is 5.52. The van der Waals surface area contributed by atoms with Crippen molar-refractivity contribution in [3.8, 4) is 0 Å². The second kappa shape index (κ2) is 9.57. The van der Waals surface area contributed by atoms with Gasteiger partial charge in [-0.05, 0) is 0 Å². The van der Waals surface area contributed by atoms with Crippen molar-refractivity contribution in [3.63, 3.8) is 0 Å². The third kappa shape index (κ3) is 11.5. The molecule has 0 aromatic heterocycles. The Morgan fingerprint density at radius 2 is 1.58 bits per heavy atom. The first kappa shape index (κ1) is 17.7. The molecule has 4 nitrogen and oxygen atoms in total. The van der Waals surface area contributed by atoms with Crippen LogP contribution >= 0.6 is 0 Å². The minimum absolute atomic E-state index is 0.0627. The summed E-state index contributed by atoms with van der Waals surface area (Å²) >= 11 is 0. The molecule has 0 aliphatic carbocycles. The quantitative estimate of drug-likeness (QED) is 0.350. The second-order valence-corrected chi connectivity index (χ2v) is 3.56. The van der Waals surface area contributed by atoms with Crippen LogP contribution in [0.15, 0.2) is 25.3 Å². The van der Waals surface area contributed by atoms with Gasteiger partial charge in [-0.15, -0.1) is 13.2 Å². The number of halogens is 3. The zero-order valence-electron chi connectivity index (χ0n) is 10.4. The van der Waals surface area contributed by atoms with E-state index < -0.39 is 24.7 Å². The van der Waals surface area contributed by atoms with Crippen molar-refractivity contribution < 1.29 is 32.2 Å². The normalized spacial score (nSPS) is 11.4. The minimum atomic E-state index is -4.59. The molecule has 0 rings (SSSR count). The Balaban J connectivity index is 4.18. The molecule has 0 radical (unpaired) electrons. The van der Waals surface area contributed by atoms with Crippen molar-refractivity contribution in [2.75, 3.05) is 26.4 Å². The Morgan fingerprint density at radius 3 is 1.95 bits per heavy atom. The molecule has 0 aromatic rings. The van der Waals surface area contributed by atoms with Gasteiger partial charge in [-0.1, -0.05) is 12.2 Å². The van der Waals surface area contributed by atoms with Crippen LogP contribution in [0, 0.1) is 0 Å². The topological polar surface area (TPSA) is 44.8 Å². The summed E-state index contributed by atoms with van der Waals surface area (Å²) < 4.78 is 50.6. The van der Waals surface area contributed by atoms with Crippen LogP contribution in [0.5, 0.6) is 0 Å². The molecule has 0 N–H and O–H groups in total. The predicted molar refractivity (Wildman–Crippen MR) is 62.6 cm³/mol. The fraction of sp³-hybridized carbons (Fsp3) is 0.583. The summed E-state index contributed by atoms with van der Waals surface area (Å²) in [5.41, 5.74) is 0. The number of rotatable bonds is 10. The zero-order valence-corrected chi connectivity index (χ0v) is 10.4. The molecule has 0 atom stereocenters. The van der Waals surface area contributed by atoms with Crippen molar-refractivity contribution in [1.82, 2.24) is 0 Å². The number of carbonyl (C=O) groups is 1. The lowest BCUT2D eigenvalue weighted by Crippen LogP contribution is -2.30. The molecule has 110 valence electrons. The van der Waals surface area contributed by atoms with Crippen molar-refractivity contribution in [3.05, 3.63) is 25.3 Å². The van der Waals surface area contributed by atoms with Gasteiger partial charge in [0.05, 0.1) is 26.4 Å². The van der Waals surface area contributed by atoms with E-state index in [1.165, 1.54) is 12.2 Å². The van der Waals surface area contributed by atoms with E-state index in [9.17, 15) is 18.0 Å². The summed E-state index contributed by atoms with van der Waals surface area (Å²) in [5, 5.41) is 0. The number of alkyl halides is 3. The summed E-state index contributed by atoms with van der Waals surface area (Å²) in [5.74, 6) is -1.36. The Hall–Kier alpha value is -1.34. The van der Waals surface area contributed by atoms with Crippen LogP contribution in [0.25, 0.3) is 0 Å². The van der Waals surface area contributed by atoms with E-state index in [0.717, 1.165) is 0 Å². The van der Waals surface area contributed by atoms with Gasteiger partial charge in [-0.25, -0.2) is 0 Å². The van der Waals surface area contributed by atoms with Crippen molar-refractivity contribution in [1.29, 1.82) is 0 Å². The van der Waals surface area contributed by atoms with Crippen LogP contribution in [0.3, 0.4) is 0 Å². The molecular weight excluding hydrogens is 265 g/mol. The fourth-order valence-electron chi connectivity index (χ4n) is 1.07. The maximum atomic E-state index is 12.0. The highest BCUT2D eigenvalue weighted by molar-refractivity contribution is 5.70. The van der Waals surface area contributed by atoms with E-state index in [-0.39, 0.29) is 26.4 Å². The third-order valence-electron chi connectivity index (χ3n) is 1.72. The van der Waals surface area contributed by atoms with Crippen LogP contribution in [-0.4, -0.2) is 44.7 Å². The Labute approximate surface area is 109 Å². The van der Waals surface area contributed by atoms with E-state index >= 15 is 0 Å². The average molecular weight is 282 g/mol. The molecule has 0 heterocycles. The van der Waals surface area contributed by atoms with Gasteiger partial charge in [0.25, 0.3) is 0 Å². The molecule has 7 heteroatoms. The van der Waals surface area contributed by atoms with Crippen LogP contribution < -0.4 is 0 Å². The predicted octanol–water partition coefficient (Wildman–Crippen LogP) is 2.26. The number of carbonyl (C=O) groups excluding carboxylic acids is 1. The van der Waals surface area contributed by atoms with Crippen molar-refractivity contribution >= 4 is 5.97 Å². The highest BCUT2D eigenvalue weighted by atomic mass is 19.4. The Bertz CT molecular complexity index is 275. The maximum absolute atomic E-state index is 12.0. The molecular formula is C12H17F3O4. The van der Waals surface area contributed by atoms with Crippen molar-refractivity contribution in [2.24, 2.45) is 0 Å². The van der Waals surface area contributed by atoms with Crippen LogP contribution in [-0.2, 0) is 19.0 Å². The lowest BCUT2D eigenvalue weighted by Gasteiger charge is -2.18. The standard InChI is InChI=1S/C12H17F3O4/c1-3-5-17-8-10(9-18-6-4-2)19-11(16)7-12(13,14)15/h3-4,10H,1-2,5-9H2. The summed E-state index contributed by atoms with van der Waals surface area (Å²) in [6, 6.07) is 0. The van der Waals surface area contributed by atoms with Gasteiger partial charge in [0, 0.05) is 0 Å². The van der Waals surface area contributed by atoms with Crippen molar-refractivity contribution in [2.45, 2.75) is 18.7 Å². The second-order valence-electron chi connectivity index (χ2n) is 3.56. The largest absolute Gasteiger partial charge is 0.457 e. The number of hydrogen-bond donors (Lipinski definition) is 0. The van der Waals surface area contributed by atoms with E-state index in [1.54, 1.807) is 0 Å². The lowest BCUT2D eigenvalue weighted by atomic mass is 10.3. The van der Waals surface area contributed by atoms with Gasteiger partial charge in [0.2, 0.25) is 0 Å². The summed E-state index contributed by atoms with van der Waals surface area (Å²) in [7, 11) is 0. The highest BCUT2D eigenvalue weighted by Gasteiger charge is 2.33. The van der Waals surface area contributed by atoms with Gasteiger partial charge >= 0.3 is 12.1 Å². The number of hydrogen-bond acceptors (Lipinski definition) is 4. The molecule has 0 aromatic carbocycles. The number of ether oxygens (including phenoxy) is 3. The van der Waals surface area contributed by atoms with E-state index in [4.69, 9.17) is 9.47 Å². The number of esters is 1. The molecule has 0 spiro atoms. The monoisotopic (exact) mass is 282 g/mol. The third-order valence-corrected chi connectivity index (χ3v) is 1.72. The lowest BCUT2D eigenvalue weighted by molar-refractivity contribution is -0.179. The molecule has 0 fully saturated rings. The van der Waals surface area contributed by atoms with E-state index in [2.05, 4.69) is 17.9 Å². The van der Waals surface area contributed by atoms with E-state index in [0.29, 0.717) is 0 Å². The molecule has 19 heavy (non-hydrogen) atoms. The van der Waals surface area contributed by atoms with Crippen LogP contribution in [0.2, 0.25) is 0 Å². The van der Waals surface area contributed by atoms with Crippen LogP contribution in [0.4, 0.5) is 13.2 Å². The fourth-order valence-corrected chi connectivity index (χ4v) is 1.07. The molecule has 0 unspecified atom stereocenters. The van der Waals surface area contributed by atoms with Crippen LogP contribution in [0.1, 0.15) is 6.42 Å². The van der Waals surface area contributed by atoms with Gasteiger partial charge in [0.15, 0.2) is 0 Å². The molecule has 0 saturated heterocycles. The summed E-state index contributed by atoms with van der Waals surface area (Å²) in [4.78, 5) is 11.0. The SMILES string of the molecule is C=CCOCC(COCC=C)OC(=O)CC(F)(F)F. The molecule has 0 saturated carbocycles. The van der Waals surface area contributed by atoms with Gasteiger partial charge in [-0.2, -0.15) is 13.2 Å². The molecule has 0 aliphatic heterocycles. The maximum Gasteiger partial charge on any atom is 0.399 e. The van der Waals surface area contributed by atoms with E-state index in [1.807, 2.05) is 0 Å². The first-order valence-electron chi connectivity index (χ1n) is 5.52. The minimum Gasteiger partial charge on any atom is -0.457 e. The summed E-state index contributed by atoms with van der Waals surface area (Å²) in [6.07, 6.45) is -4.18. The summed E-state index contributed by atoms with van der Waals surface area (Å²) in [6.45, 7) is 7.11. The Morgan fingerprint density at radius 1 is 1.11 bits per heavy atom. The molecule has 0 bridgehead atoms. The Kier molecular flexibility index (Phi) is 8.90. The zero-order chi connectivity index (χ0) is 14.7. The van der Waals surface area contributed by atoms with Gasteiger partial charge in [0.1, 0.15) is 12.5 Å². The first-order chi connectivity index (χ1) is 8.89. The molecule has 0 amide bonds.